The highest BCUT2D eigenvalue weighted by molar-refractivity contribution is 9.10. The highest BCUT2D eigenvalue weighted by Crippen LogP contribution is 2.28. The summed E-state index contributed by atoms with van der Waals surface area (Å²) in [6.45, 7) is 5.91. The van der Waals surface area contributed by atoms with Gasteiger partial charge in [0.05, 0.1) is 0 Å². The molecule has 0 saturated carbocycles. The van der Waals surface area contributed by atoms with Gasteiger partial charge in [0.2, 0.25) is 0 Å². The zero-order valence-electron chi connectivity index (χ0n) is 9.88. The second kappa shape index (κ2) is 4.75. The summed E-state index contributed by atoms with van der Waals surface area (Å²) < 4.78 is 0.983. The molecule has 0 radical (unpaired) electrons. The van der Waals surface area contributed by atoms with Gasteiger partial charge in [0, 0.05) is 21.3 Å². The molecular formula is C13H12BrClN2. The van der Waals surface area contributed by atoms with E-state index in [0.29, 0.717) is 11.0 Å². The number of aromatic nitrogens is 2. The summed E-state index contributed by atoms with van der Waals surface area (Å²) in [7, 11) is 0. The minimum Gasteiger partial charge on any atom is -0.233 e. The predicted molar refractivity (Wildman–Crippen MR) is 74.4 cm³/mol. The smallest absolute Gasteiger partial charge is 0.162 e. The molecule has 17 heavy (non-hydrogen) atoms. The van der Waals surface area contributed by atoms with Crippen LogP contribution < -0.4 is 0 Å². The topological polar surface area (TPSA) is 25.8 Å². The van der Waals surface area contributed by atoms with E-state index >= 15 is 0 Å². The Morgan fingerprint density at radius 2 is 1.82 bits per heavy atom. The first-order valence-corrected chi connectivity index (χ1v) is 6.43. The highest BCUT2D eigenvalue weighted by atomic mass is 79.9. The fraction of sp³-hybridized carbons (Fsp3) is 0.231. The van der Waals surface area contributed by atoms with Crippen LogP contribution in [0.15, 0.2) is 22.7 Å². The molecule has 0 spiro atoms. The molecule has 4 heteroatoms. The van der Waals surface area contributed by atoms with E-state index in [4.69, 9.17) is 11.6 Å². The molecule has 0 fully saturated rings. The highest BCUT2D eigenvalue weighted by Gasteiger charge is 2.10. The number of aryl methyl sites for hydroxylation is 2. The monoisotopic (exact) mass is 310 g/mol. The van der Waals surface area contributed by atoms with Crippen LogP contribution in [0.3, 0.4) is 0 Å². The third kappa shape index (κ3) is 2.50. The molecule has 1 aromatic carbocycles. The van der Waals surface area contributed by atoms with E-state index in [1.807, 2.05) is 39.0 Å². The van der Waals surface area contributed by atoms with E-state index in [0.717, 1.165) is 21.3 Å². The van der Waals surface area contributed by atoms with Gasteiger partial charge in [-0.3, -0.25) is 0 Å². The zero-order valence-corrected chi connectivity index (χ0v) is 12.2. The van der Waals surface area contributed by atoms with Gasteiger partial charge in [0.1, 0.15) is 5.15 Å². The maximum absolute atomic E-state index is 6.09. The summed E-state index contributed by atoms with van der Waals surface area (Å²) in [5.41, 5.74) is 3.99. The van der Waals surface area contributed by atoms with Crippen LogP contribution in [0.4, 0.5) is 0 Å². The van der Waals surface area contributed by atoms with Crippen molar-refractivity contribution in [2.45, 2.75) is 20.8 Å². The molecule has 2 nitrogen and oxygen atoms in total. The lowest BCUT2D eigenvalue weighted by molar-refractivity contribution is 1.07. The molecule has 1 heterocycles. The Labute approximate surface area is 114 Å². The molecule has 0 atom stereocenters. The fourth-order valence-electron chi connectivity index (χ4n) is 1.52. The van der Waals surface area contributed by atoms with Crippen molar-refractivity contribution in [2.75, 3.05) is 0 Å². The Morgan fingerprint density at radius 1 is 1.12 bits per heavy atom. The number of rotatable bonds is 1. The van der Waals surface area contributed by atoms with Crippen LogP contribution in [0.1, 0.15) is 16.8 Å². The van der Waals surface area contributed by atoms with Gasteiger partial charge in [-0.15, -0.1) is 0 Å². The third-order valence-electron chi connectivity index (χ3n) is 2.70. The van der Waals surface area contributed by atoms with Gasteiger partial charge in [-0.05, 0) is 38.5 Å². The van der Waals surface area contributed by atoms with E-state index in [-0.39, 0.29) is 0 Å². The quantitative estimate of drug-likeness (QED) is 0.725. The molecule has 88 valence electrons. The Balaban J connectivity index is 2.61. The minimum absolute atomic E-state index is 0.514. The van der Waals surface area contributed by atoms with E-state index in [1.54, 1.807) is 0 Å². The van der Waals surface area contributed by atoms with Crippen LogP contribution in [0.5, 0.6) is 0 Å². The first-order chi connectivity index (χ1) is 7.99. The lowest BCUT2D eigenvalue weighted by Crippen LogP contribution is -1.97. The van der Waals surface area contributed by atoms with Crippen molar-refractivity contribution in [1.29, 1.82) is 0 Å². The molecule has 0 amide bonds. The van der Waals surface area contributed by atoms with Crippen molar-refractivity contribution in [3.8, 4) is 11.4 Å². The van der Waals surface area contributed by atoms with Crippen molar-refractivity contribution in [3.63, 3.8) is 0 Å². The Bertz CT molecular complexity index is 559. The number of hydrogen-bond acceptors (Lipinski definition) is 2. The van der Waals surface area contributed by atoms with Gasteiger partial charge in [-0.25, -0.2) is 9.97 Å². The standard InChI is InChI=1S/C13H12BrClN2/c1-7-4-5-10(11(14)6-7)13-16-9(3)8(2)12(15)17-13/h4-6H,1-3H3. The van der Waals surface area contributed by atoms with Crippen LogP contribution in [0, 0.1) is 20.8 Å². The minimum atomic E-state index is 0.514. The summed E-state index contributed by atoms with van der Waals surface area (Å²) in [6.07, 6.45) is 0. The zero-order chi connectivity index (χ0) is 12.6. The molecule has 0 aliphatic rings. The molecule has 0 unspecified atom stereocenters. The SMILES string of the molecule is Cc1ccc(-c2nc(C)c(C)c(Cl)n2)c(Br)c1. The van der Waals surface area contributed by atoms with Crippen LogP contribution in [-0.4, -0.2) is 9.97 Å². The summed E-state index contributed by atoms with van der Waals surface area (Å²) >= 11 is 9.61. The summed E-state index contributed by atoms with van der Waals surface area (Å²) in [4.78, 5) is 8.79. The first kappa shape index (κ1) is 12.5. The summed E-state index contributed by atoms with van der Waals surface area (Å²) in [6, 6.07) is 6.08. The van der Waals surface area contributed by atoms with Crippen LogP contribution in [0.2, 0.25) is 5.15 Å². The molecular weight excluding hydrogens is 300 g/mol. The molecule has 0 N–H and O–H groups in total. The van der Waals surface area contributed by atoms with Crippen LogP contribution in [-0.2, 0) is 0 Å². The maximum atomic E-state index is 6.09. The van der Waals surface area contributed by atoms with Gasteiger partial charge >= 0.3 is 0 Å². The average Bonchev–Trinajstić information content (AvgIpc) is 2.25. The van der Waals surface area contributed by atoms with Crippen LogP contribution >= 0.6 is 27.5 Å². The Hall–Kier alpha value is -0.930. The van der Waals surface area contributed by atoms with E-state index in [9.17, 15) is 0 Å². The summed E-state index contributed by atoms with van der Waals surface area (Å²) in [5.74, 6) is 0.657. The fourth-order valence-corrected chi connectivity index (χ4v) is 2.40. The Kier molecular flexibility index (Phi) is 3.50. The van der Waals surface area contributed by atoms with Crippen molar-refractivity contribution >= 4 is 27.5 Å². The molecule has 0 bridgehead atoms. The number of hydrogen-bond donors (Lipinski definition) is 0. The van der Waals surface area contributed by atoms with Gasteiger partial charge < -0.3 is 0 Å². The summed E-state index contributed by atoms with van der Waals surface area (Å²) in [5, 5.41) is 0.514. The van der Waals surface area contributed by atoms with Crippen molar-refractivity contribution in [1.82, 2.24) is 9.97 Å². The molecule has 0 aliphatic heterocycles. The van der Waals surface area contributed by atoms with Crippen molar-refractivity contribution in [2.24, 2.45) is 0 Å². The van der Waals surface area contributed by atoms with Gasteiger partial charge in [0.15, 0.2) is 5.82 Å². The van der Waals surface area contributed by atoms with Crippen molar-refractivity contribution in [3.05, 3.63) is 44.6 Å². The average molecular weight is 312 g/mol. The predicted octanol–water partition coefficient (Wildman–Crippen LogP) is 4.48. The number of halogens is 2. The van der Waals surface area contributed by atoms with Gasteiger partial charge in [-0.1, -0.05) is 33.6 Å². The molecule has 2 rings (SSSR count). The van der Waals surface area contributed by atoms with Gasteiger partial charge in [0.25, 0.3) is 0 Å². The lowest BCUT2D eigenvalue weighted by atomic mass is 10.1. The van der Waals surface area contributed by atoms with Crippen molar-refractivity contribution < 1.29 is 0 Å². The number of nitrogens with zero attached hydrogens (tertiary/aromatic N) is 2. The van der Waals surface area contributed by atoms with E-state index in [2.05, 4.69) is 25.9 Å². The molecule has 0 aliphatic carbocycles. The third-order valence-corrected chi connectivity index (χ3v) is 3.72. The Morgan fingerprint density at radius 3 is 2.41 bits per heavy atom. The van der Waals surface area contributed by atoms with E-state index < -0.39 is 0 Å². The molecule has 1 aromatic heterocycles. The second-order valence-electron chi connectivity index (χ2n) is 4.03. The van der Waals surface area contributed by atoms with E-state index in [1.165, 1.54) is 5.56 Å². The van der Waals surface area contributed by atoms with Crippen LogP contribution in [0.25, 0.3) is 11.4 Å². The maximum Gasteiger partial charge on any atom is 0.162 e. The first-order valence-electron chi connectivity index (χ1n) is 5.26. The second-order valence-corrected chi connectivity index (χ2v) is 5.24. The lowest BCUT2D eigenvalue weighted by Gasteiger charge is -2.08. The normalized spacial score (nSPS) is 10.6. The molecule has 0 saturated heterocycles. The number of benzene rings is 1. The molecule has 2 aromatic rings. The van der Waals surface area contributed by atoms with Gasteiger partial charge in [-0.2, -0.15) is 0 Å². The largest absolute Gasteiger partial charge is 0.233 e.